The van der Waals surface area contributed by atoms with Gasteiger partial charge in [-0.3, -0.25) is 0 Å². The predicted octanol–water partition coefficient (Wildman–Crippen LogP) is 4.46. The molecular weight excluding hydrogens is 310 g/mol. The molecule has 0 spiro atoms. The maximum Gasteiger partial charge on any atom is 0.171 e. The van der Waals surface area contributed by atoms with E-state index in [0.29, 0.717) is 11.2 Å². The van der Waals surface area contributed by atoms with E-state index in [2.05, 4.69) is 27.8 Å². The largest absolute Gasteiger partial charge is 0.360 e. The van der Waals surface area contributed by atoms with Gasteiger partial charge in [-0.1, -0.05) is 42.8 Å². The average Bonchev–Trinajstić information content (AvgIpc) is 3.03. The first kappa shape index (κ1) is 15.3. The van der Waals surface area contributed by atoms with E-state index < -0.39 is 0 Å². The lowest BCUT2D eigenvalue weighted by Gasteiger charge is -2.15. The molecule has 1 aromatic carbocycles. The van der Waals surface area contributed by atoms with Gasteiger partial charge in [-0.2, -0.15) is 0 Å². The van der Waals surface area contributed by atoms with Crippen LogP contribution in [0.4, 0.5) is 5.69 Å². The molecule has 114 valence electrons. The summed E-state index contributed by atoms with van der Waals surface area (Å²) in [6.07, 6.45) is 6.85. The molecule has 0 radical (unpaired) electrons. The van der Waals surface area contributed by atoms with Gasteiger partial charge in [0.05, 0.1) is 11.9 Å². The van der Waals surface area contributed by atoms with E-state index in [1.807, 2.05) is 36.5 Å². The van der Waals surface area contributed by atoms with Crippen LogP contribution in [0.2, 0.25) is 0 Å². The van der Waals surface area contributed by atoms with Crippen molar-refractivity contribution in [2.24, 2.45) is 0 Å². The van der Waals surface area contributed by atoms with Crippen molar-refractivity contribution >= 4 is 34.8 Å². The third-order valence-electron chi connectivity index (χ3n) is 3.65. The Hall–Kier alpha value is -1.59. The highest BCUT2D eigenvalue weighted by molar-refractivity contribution is 7.99. The smallest absolute Gasteiger partial charge is 0.171 e. The molecule has 1 aromatic heterocycles. The maximum atomic E-state index is 5.36. The molecule has 2 aromatic rings. The second-order valence-electron chi connectivity index (χ2n) is 5.38. The van der Waals surface area contributed by atoms with Gasteiger partial charge in [0.25, 0.3) is 0 Å². The highest BCUT2D eigenvalue weighted by Crippen LogP contribution is 2.26. The lowest BCUT2D eigenvalue weighted by Crippen LogP contribution is -2.35. The lowest BCUT2D eigenvalue weighted by atomic mass is 10.3. The summed E-state index contributed by atoms with van der Waals surface area (Å²) in [6.45, 7) is 0. The highest BCUT2D eigenvalue weighted by atomic mass is 32.2. The minimum Gasteiger partial charge on any atom is -0.360 e. The Bertz CT molecular complexity index is 608. The molecule has 0 unspecified atom stereocenters. The Balaban J connectivity index is 1.53. The fourth-order valence-corrected chi connectivity index (χ4v) is 3.61. The van der Waals surface area contributed by atoms with Crippen LogP contribution >= 0.6 is 24.0 Å². The van der Waals surface area contributed by atoms with Gasteiger partial charge in [-0.15, -0.1) is 0 Å². The number of nitrogens with one attached hydrogen (secondary N) is 2. The normalized spacial score (nSPS) is 14.7. The summed E-state index contributed by atoms with van der Waals surface area (Å²) < 4.78 is 0. The molecule has 1 saturated carbocycles. The molecule has 3 nitrogen and oxygen atoms in total. The molecule has 0 aliphatic heterocycles. The van der Waals surface area contributed by atoms with Crippen LogP contribution in [-0.2, 0) is 0 Å². The molecule has 1 fully saturated rings. The van der Waals surface area contributed by atoms with Crippen LogP contribution in [-0.4, -0.2) is 16.1 Å². The number of nitrogens with zero attached hydrogens (tertiary/aromatic N) is 1. The average molecular weight is 329 g/mol. The summed E-state index contributed by atoms with van der Waals surface area (Å²) in [5.41, 5.74) is 0.924. The molecule has 1 heterocycles. The molecule has 22 heavy (non-hydrogen) atoms. The van der Waals surface area contributed by atoms with Crippen molar-refractivity contribution in [1.29, 1.82) is 0 Å². The lowest BCUT2D eigenvalue weighted by molar-refractivity contribution is 0.634. The van der Waals surface area contributed by atoms with Gasteiger partial charge in [-0.25, -0.2) is 4.98 Å². The topological polar surface area (TPSA) is 37.0 Å². The van der Waals surface area contributed by atoms with E-state index in [0.717, 1.165) is 10.7 Å². The molecule has 5 heteroatoms. The third kappa shape index (κ3) is 4.45. The first-order valence-electron chi connectivity index (χ1n) is 7.56. The fraction of sp³-hybridized carbons (Fsp3) is 0.294. The number of thiocarbonyl (C=S) groups is 1. The monoisotopic (exact) mass is 329 g/mol. The van der Waals surface area contributed by atoms with Gasteiger partial charge in [0.1, 0.15) is 5.03 Å². The summed E-state index contributed by atoms with van der Waals surface area (Å²) in [6, 6.07) is 14.8. The van der Waals surface area contributed by atoms with Crippen molar-refractivity contribution in [2.75, 3.05) is 5.32 Å². The van der Waals surface area contributed by atoms with Crippen molar-refractivity contribution in [2.45, 2.75) is 41.6 Å². The molecule has 0 amide bonds. The van der Waals surface area contributed by atoms with Crippen LogP contribution in [0.3, 0.4) is 0 Å². The highest BCUT2D eigenvalue weighted by Gasteiger charge is 2.15. The van der Waals surface area contributed by atoms with Crippen LogP contribution in [0.5, 0.6) is 0 Å². The zero-order valence-electron chi connectivity index (χ0n) is 12.3. The maximum absolute atomic E-state index is 5.36. The fourth-order valence-electron chi connectivity index (χ4n) is 2.55. The number of rotatable bonds is 4. The van der Waals surface area contributed by atoms with Gasteiger partial charge >= 0.3 is 0 Å². The Morgan fingerprint density at radius 1 is 1.09 bits per heavy atom. The minimum absolute atomic E-state index is 0.529. The Morgan fingerprint density at radius 3 is 2.55 bits per heavy atom. The number of hydrogen-bond acceptors (Lipinski definition) is 3. The SMILES string of the molecule is S=C(Nc1ccc(Sc2ccccc2)nc1)NC1CCCC1. The molecule has 0 saturated heterocycles. The number of pyridine rings is 1. The van der Waals surface area contributed by atoms with Crippen LogP contribution in [0, 0.1) is 0 Å². The second kappa shape index (κ2) is 7.61. The predicted molar refractivity (Wildman–Crippen MR) is 96.4 cm³/mol. The quantitative estimate of drug-likeness (QED) is 0.810. The summed E-state index contributed by atoms with van der Waals surface area (Å²) in [5.74, 6) is 0. The first-order chi connectivity index (χ1) is 10.8. The van der Waals surface area contributed by atoms with Crippen molar-refractivity contribution in [3.63, 3.8) is 0 Å². The Morgan fingerprint density at radius 2 is 1.86 bits per heavy atom. The van der Waals surface area contributed by atoms with E-state index in [4.69, 9.17) is 12.2 Å². The van der Waals surface area contributed by atoms with Gasteiger partial charge in [-0.05, 0) is 49.3 Å². The van der Waals surface area contributed by atoms with E-state index in [1.165, 1.54) is 30.6 Å². The zero-order chi connectivity index (χ0) is 15.2. The number of benzene rings is 1. The molecule has 3 rings (SSSR count). The first-order valence-corrected chi connectivity index (χ1v) is 8.78. The standard InChI is InChI=1S/C17H19N3S2/c21-17(19-13-6-4-5-7-13)20-14-10-11-16(18-12-14)22-15-8-2-1-3-9-15/h1-3,8-13H,4-7H2,(H2,19,20,21). The summed E-state index contributed by atoms with van der Waals surface area (Å²) >= 11 is 7.01. The zero-order valence-corrected chi connectivity index (χ0v) is 13.9. The van der Waals surface area contributed by atoms with Crippen molar-refractivity contribution < 1.29 is 0 Å². The van der Waals surface area contributed by atoms with Gasteiger partial charge in [0.15, 0.2) is 5.11 Å². The molecule has 0 atom stereocenters. The Kier molecular flexibility index (Phi) is 5.29. The van der Waals surface area contributed by atoms with Crippen molar-refractivity contribution in [3.05, 3.63) is 48.7 Å². The Labute approximate surface area is 140 Å². The van der Waals surface area contributed by atoms with Crippen molar-refractivity contribution in [1.82, 2.24) is 10.3 Å². The molecule has 0 bridgehead atoms. The second-order valence-corrected chi connectivity index (χ2v) is 6.88. The van der Waals surface area contributed by atoms with Crippen LogP contribution in [0.15, 0.2) is 58.6 Å². The van der Waals surface area contributed by atoms with Crippen LogP contribution < -0.4 is 10.6 Å². The van der Waals surface area contributed by atoms with Crippen LogP contribution in [0.1, 0.15) is 25.7 Å². The summed E-state index contributed by atoms with van der Waals surface area (Å²) in [7, 11) is 0. The van der Waals surface area contributed by atoms with E-state index in [1.54, 1.807) is 11.8 Å². The molecule has 1 aliphatic rings. The van der Waals surface area contributed by atoms with Gasteiger partial charge in [0, 0.05) is 10.9 Å². The number of anilines is 1. The minimum atomic E-state index is 0.529. The molecular formula is C17H19N3S2. The molecule has 1 aliphatic carbocycles. The number of aromatic nitrogens is 1. The van der Waals surface area contributed by atoms with Gasteiger partial charge in [0.2, 0.25) is 0 Å². The van der Waals surface area contributed by atoms with E-state index in [9.17, 15) is 0 Å². The van der Waals surface area contributed by atoms with Gasteiger partial charge < -0.3 is 10.6 Å². The van der Waals surface area contributed by atoms with E-state index in [-0.39, 0.29) is 0 Å². The van der Waals surface area contributed by atoms with E-state index >= 15 is 0 Å². The summed E-state index contributed by atoms with van der Waals surface area (Å²) in [4.78, 5) is 5.66. The summed E-state index contributed by atoms with van der Waals surface area (Å²) in [5, 5.41) is 8.25. The number of hydrogen-bond donors (Lipinski definition) is 2. The third-order valence-corrected chi connectivity index (χ3v) is 4.83. The molecule has 2 N–H and O–H groups in total. The van der Waals surface area contributed by atoms with Crippen molar-refractivity contribution in [3.8, 4) is 0 Å². The van der Waals surface area contributed by atoms with Crippen LogP contribution in [0.25, 0.3) is 0 Å².